The normalized spacial score (nSPS) is 12.0. The van der Waals surface area contributed by atoms with Gasteiger partial charge in [0.2, 0.25) is 0 Å². The van der Waals surface area contributed by atoms with E-state index in [0.717, 1.165) is 29.5 Å². The molecule has 1 atom stereocenters. The van der Waals surface area contributed by atoms with Crippen molar-refractivity contribution >= 4 is 23.0 Å². The highest BCUT2D eigenvalue weighted by Gasteiger charge is 2.19. The van der Waals surface area contributed by atoms with Crippen molar-refractivity contribution in [1.82, 2.24) is 14.8 Å². The largest absolute Gasteiger partial charge is 0.341 e. The Bertz CT molecular complexity index is 657. The van der Waals surface area contributed by atoms with Crippen molar-refractivity contribution in [2.75, 3.05) is 32.5 Å². The fraction of sp³-hybridized carbons (Fsp3) is 0.368. The smallest absolute Gasteiger partial charge is 0.173 e. The van der Waals surface area contributed by atoms with Gasteiger partial charge >= 0.3 is 0 Å². The zero-order valence-electron chi connectivity index (χ0n) is 14.9. The molecular formula is C19H26N4S. The minimum atomic E-state index is 0.156. The van der Waals surface area contributed by atoms with Crippen LogP contribution in [0, 0.1) is 6.92 Å². The molecule has 1 N–H and O–H groups in total. The molecule has 1 aromatic heterocycles. The molecule has 2 aromatic rings. The number of nitrogens with one attached hydrogen (secondary N) is 1. The summed E-state index contributed by atoms with van der Waals surface area (Å²) in [6.07, 6.45) is 3.70. The van der Waals surface area contributed by atoms with Gasteiger partial charge in [-0.2, -0.15) is 0 Å². The van der Waals surface area contributed by atoms with Crippen LogP contribution >= 0.6 is 12.2 Å². The van der Waals surface area contributed by atoms with Crippen molar-refractivity contribution in [3.8, 4) is 0 Å². The van der Waals surface area contributed by atoms with Crippen molar-refractivity contribution in [3.05, 3.63) is 59.9 Å². The fourth-order valence-corrected chi connectivity index (χ4v) is 2.87. The second kappa shape index (κ2) is 8.76. The zero-order chi connectivity index (χ0) is 17.5. The van der Waals surface area contributed by atoms with E-state index in [1.807, 2.05) is 24.4 Å². The summed E-state index contributed by atoms with van der Waals surface area (Å²) in [6, 6.07) is 12.5. The SMILES string of the molecule is Cc1cccc(NC(=S)N(CCN(C)C)[C@@H](C)c2cccnc2)c1. The average Bonchev–Trinajstić information content (AvgIpc) is 2.55. The van der Waals surface area contributed by atoms with Crippen LogP contribution in [0.1, 0.15) is 24.1 Å². The van der Waals surface area contributed by atoms with Gasteiger partial charge in [0.25, 0.3) is 0 Å². The minimum Gasteiger partial charge on any atom is -0.341 e. The van der Waals surface area contributed by atoms with Crippen LogP contribution in [0.3, 0.4) is 0 Å². The molecule has 0 aliphatic carbocycles. The number of rotatable bonds is 6. The first-order valence-corrected chi connectivity index (χ1v) is 8.57. The van der Waals surface area contributed by atoms with E-state index in [4.69, 9.17) is 12.2 Å². The molecule has 1 aromatic carbocycles. The van der Waals surface area contributed by atoms with E-state index >= 15 is 0 Å². The third-order valence-electron chi connectivity index (χ3n) is 3.95. The van der Waals surface area contributed by atoms with Gasteiger partial charge in [-0.25, -0.2) is 0 Å². The van der Waals surface area contributed by atoms with Crippen LogP contribution in [0.4, 0.5) is 5.69 Å². The predicted octanol–water partition coefficient (Wildman–Crippen LogP) is 3.71. The summed E-state index contributed by atoms with van der Waals surface area (Å²) in [7, 11) is 4.15. The standard InChI is InChI=1S/C19H26N4S/c1-15-7-5-9-18(13-15)21-19(24)23(12-11-22(3)4)16(2)17-8-6-10-20-14-17/h5-10,13-14,16H,11-12H2,1-4H3,(H,21,24)/t16-/m0/s1. The number of benzene rings is 1. The molecule has 2 rings (SSSR count). The lowest BCUT2D eigenvalue weighted by atomic mass is 10.1. The summed E-state index contributed by atoms with van der Waals surface area (Å²) >= 11 is 5.70. The molecule has 0 saturated heterocycles. The van der Waals surface area contributed by atoms with Gasteiger partial charge in [-0.1, -0.05) is 18.2 Å². The van der Waals surface area contributed by atoms with E-state index in [2.05, 4.69) is 66.2 Å². The number of anilines is 1. The Labute approximate surface area is 150 Å². The number of hydrogen-bond acceptors (Lipinski definition) is 3. The quantitative estimate of drug-likeness (QED) is 0.809. The maximum Gasteiger partial charge on any atom is 0.173 e. The second-order valence-electron chi connectivity index (χ2n) is 6.26. The van der Waals surface area contributed by atoms with Gasteiger partial charge in [0.15, 0.2) is 5.11 Å². The average molecular weight is 343 g/mol. The molecule has 0 radical (unpaired) electrons. The molecule has 0 aliphatic rings. The highest BCUT2D eigenvalue weighted by Crippen LogP contribution is 2.21. The van der Waals surface area contributed by atoms with Gasteiger partial charge in [-0.15, -0.1) is 0 Å². The molecule has 24 heavy (non-hydrogen) atoms. The third-order valence-corrected chi connectivity index (χ3v) is 4.29. The van der Waals surface area contributed by atoms with Crippen LogP contribution in [0.5, 0.6) is 0 Å². The van der Waals surface area contributed by atoms with Crippen LogP contribution in [0.2, 0.25) is 0 Å². The van der Waals surface area contributed by atoms with Gasteiger partial charge in [-0.3, -0.25) is 4.98 Å². The molecule has 128 valence electrons. The molecule has 5 heteroatoms. The van der Waals surface area contributed by atoms with Gasteiger partial charge in [0, 0.05) is 31.2 Å². The highest BCUT2D eigenvalue weighted by molar-refractivity contribution is 7.80. The van der Waals surface area contributed by atoms with E-state index in [1.54, 1.807) is 6.20 Å². The van der Waals surface area contributed by atoms with Crippen molar-refractivity contribution in [2.45, 2.75) is 19.9 Å². The lowest BCUT2D eigenvalue weighted by molar-refractivity contribution is 0.289. The van der Waals surface area contributed by atoms with Crippen LogP contribution in [-0.4, -0.2) is 47.1 Å². The Kier molecular flexibility index (Phi) is 6.70. The predicted molar refractivity (Wildman–Crippen MR) is 105 cm³/mol. The molecule has 0 bridgehead atoms. The number of aryl methyl sites for hydroxylation is 1. The summed E-state index contributed by atoms with van der Waals surface area (Å²) in [5, 5.41) is 4.11. The van der Waals surface area contributed by atoms with E-state index in [-0.39, 0.29) is 6.04 Å². The lowest BCUT2D eigenvalue weighted by Crippen LogP contribution is -2.40. The van der Waals surface area contributed by atoms with E-state index in [9.17, 15) is 0 Å². The van der Waals surface area contributed by atoms with Gasteiger partial charge in [0.05, 0.1) is 6.04 Å². The second-order valence-corrected chi connectivity index (χ2v) is 6.65. The number of aromatic nitrogens is 1. The first-order valence-electron chi connectivity index (χ1n) is 8.16. The molecule has 0 fully saturated rings. The van der Waals surface area contributed by atoms with Crippen molar-refractivity contribution in [2.24, 2.45) is 0 Å². The van der Waals surface area contributed by atoms with E-state index in [1.165, 1.54) is 5.56 Å². The summed E-state index contributed by atoms with van der Waals surface area (Å²) in [4.78, 5) is 8.62. The van der Waals surface area contributed by atoms with Crippen molar-refractivity contribution in [1.29, 1.82) is 0 Å². The number of pyridine rings is 1. The number of hydrogen-bond donors (Lipinski definition) is 1. The van der Waals surface area contributed by atoms with E-state index in [0.29, 0.717) is 0 Å². The van der Waals surface area contributed by atoms with E-state index < -0.39 is 0 Å². The monoisotopic (exact) mass is 342 g/mol. The summed E-state index contributed by atoms with van der Waals surface area (Å²) in [5.74, 6) is 0. The van der Waals surface area contributed by atoms with Crippen LogP contribution in [0.15, 0.2) is 48.8 Å². The zero-order valence-corrected chi connectivity index (χ0v) is 15.7. The molecule has 0 aliphatic heterocycles. The topological polar surface area (TPSA) is 31.4 Å². The van der Waals surface area contributed by atoms with Gasteiger partial charge in [0.1, 0.15) is 0 Å². The Morgan fingerprint density at radius 2 is 2.00 bits per heavy atom. The first-order chi connectivity index (χ1) is 11.5. The molecule has 0 amide bonds. The molecule has 0 unspecified atom stereocenters. The number of nitrogens with zero attached hydrogens (tertiary/aromatic N) is 3. The van der Waals surface area contributed by atoms with Gasteiger partial charge in [-0.05, 0) is 69.5 Å². The Morgan fingerprint density at radius 1 is 1.21 bits per heavy atom. The maximum atomic E-state index is 5.70. The lowest BCUT2D eigenvalue weighted by Gasteiger charge is -2.33. The fourth-order valence-electron chi connectivity index (χ4n) is 2.50. The van der Waals surface area contributed by atoms with Crippen LogP contribution in [0.25, 0.3) is 0 Å². The molecular weight excluding hydrogens is 316 g/mol. The third kappa shape index (κ3) is 5.28. The maximum absolute atomic E-state index is 5.70. The Morgan fingerprint density at radius 3 is 2.62 bits per heavy atom. The highest BCUT2D eigenvalue weighted by atomic mass is 32.1. The molecule has 1 heterocycles. The Balaban J connectivity index is 2.16. The minimum absolute atomic E-state index is 0.156. The molecule has 0 spiro atoms. The van der Waals surface area contributed by atoms with Crippen molar-refractivity contribution < 1.29 is 0 Å². The number of likely N-dealkylation sites (N-methyl/N-ethyl adjacent to an activating group) is 1. The van der Waals surface area contributed by atoms with Crippen LogP contribution < -0.4 is 5.32 Å². The summed E-state index contributed by atoms with van der Waals surface area (Å²) in [5.41, 5.74) is 3.39. The molecule has 4 nitrogen and oxygen atoms in total. The van der Waals surface area contributed by atoms with Crippen molar-refractivity contribution in [3.63, 3.8) is 0 Å². The summed E-state index contributed by atoms with van der Waals surface area (Å²) in [6.45, 7) is 6.02. The van der Waals surface area contributed by atoms with Crippen LogP contribution in [-0.2, 0) is 0 Å². The Hall–Kier alpha value is -1.98. The summed E-state index contributed by atoms with van der Waals surface area (Å²) < 4.78 is 0. The number of thiocarbonyl (C=S) groups is 1. The molecule has 0 saturated carbocycles. The first kappa shape index (κ1) is 18.4. The van der Waals surface area contributed by atoms with Gasteiger partial charge < -0.3 is 15.1 Å².